The summed E-state index contributed by atoms with van der Waals surface area (Å²) in [5, 5.41) is 0. The maximum atomic E-state index is 8.77. The molecule has 0 aliphatic rings. The fraction of sp³-hybridized carbons (Fsp3) is 0. The molecule has 0 unspecified atom stereocenters. The van der Waals surface area contributed by atoms with E-state index in [9.17, 15) is 0 Å². The van der Waals surface area contributed by atoms with Gasteiger partial charge in [0, 0.05) is 0 Å². The molecule has 0 bridgehead atoms. The summed E-state index contributed by atoms with van der Waals surface area (Å²) < 4.78 is 8.77. The average molecular weight is 157 g/mol. The van der Waals surface area contributed by atoms with E-state index in [0.717, 1.165) is 0 Å². The minimum Gasteiger partial charge on any atom is -1.00 e. The van der Waals surface area contributed by atoms with Crippen LogP contribution in [-0.4, -0.2) is 9.79 Å². The molecule has 0 saturated heterocycles. The van der Waals surface area contributed by atoms with Crippen LogP contribution in [0.3, 0.4) is 0 Å². The van der Waals surface area contributed by atoms with Crippen molar-refractivity contribution in [1.82, 2.24) is 6.15 Å². The van der Waals surface area contributed by atoms with Crippen molar-refractivity contribution >= 4 is 7.82 Å². The van der Waals surface area contributed by atoms with Gasteiger partial charge in [0.05, 0.1) is 0 Å². The van der Waals surface area contributed by atoms with Crippen molar-refractivity contribution in [3.63, 3.8) is 0 Å². The molecule has 0 fully saturated rings. The van der Waals surface area contributed by atoms with Crippen molar-refractivity contribution in [2.75, 3.05) is 0 Å². The first-order valence-corrected chi connectivity index (χ1v) is 2.30. The quantitative estimate of drug-likeness (QED) is 0.239. The van der Waals surface area contributed by atoms with Gasteiger partial charge < -0.3 is 25.5 Å². The maximum Gasteiger partial charge on any atom is 1.00 e. The van der Waals surface area contributed by atoms with Crippen LogP contribution in [0.5, 0.6) is 0 Å². The van der Waals surface area contributed by atoms with Crippen molar-refractivity contribution in [3.8, 4) is 0 Å². The van der Waals surface area contributed by atoms with Gasteiger partial charge in [0.25, 0.3) is 7.82 Å². The predicted octanol–water partition coefficient (Wildman–Crippen LogP) is -7.18. The number of rotatable bonds is 0. The molecule has 0 aliphatic heterocycles. The smallest absolute Gasteiger partial charge is 1.00 e. The van der Waals surface area contributed by atoms with E-state index in [-0.39, 0.29) is 40.4 Å². The number of halogens is 1. The summed E-state index contributed by atoms with van der Waals surface area (Å²) in [5.74, 6) is 0. The fourth-order valence-electron chi connectivity index (χ4n) is 0. The van der Waals surface area contributed by atoms with Gasteiger partial charge in [0.1, 0.15) is 0 Å². The van der Waals surface area contributed by atoms with Crippen LogP contribution in [0.1, 0.15) is 0 Å². The van der Waals surface area contributed by atoms with Crippen LogP contribution in [0.25, 0.3) is 0 Å². The van der Waals surface area contributed by atoms with E-state index in [2.05, 4.69) is 0 Å². The fourth-order valence-corrected chi connectivity index (χ4v) is 0. The number of hydrogen-bond donors (Lipinski definition) is 3. The molecule has 6 N–H and O–H groups in total. The zero-order chi connectivity index (χ0) is 4.50. The summed E-state index contributed by atoms with van der Waals surface area (Å²) in [6.07, 6.45) is 0. The molecule has 0 atom stereocenters. The third-order valence-electron chi connectivity index (χ3n) is 0. The minimum absolute atomic E-state index is 0. The molecule has 8 heavy (non-hydrogen) atoms. The minimum atomic E-state index is -4.89. The van der Waals surface area contributed by atoms with Crippen LogP contribution in [0.15, 0.2) is 0 Å². The van der Waals surface area contributed by atoms with Crippen LogP contribution in [0, 0.1) is 0 Å². The Bertz CT molecular complexity index is 62.2. The largest absolute Gasteiger partial charge is 1.00 e. The van der Waals surface area contributed by atoms with Gasteiger partial charge in [-0.15, -0.1) is 0 Å². The molecule has 0 aromatic rings. The topological polar surface area (TPSA) is 117 Å². The van der Waals surface area contributed by atoms with Gasteiger partial charge in [-0.05, 0) is 0 Å². The molecule has 0 aromatic heterocycles. The predicted molar refractivity (Wildman–Crippen MR) is 18.0 cm³/mol. The van der Waals surface area contributed by atoms with Crippen molar-refractivity contribution in [3.05, 3.63) is 0 Å². The summed E-state index contributed by atoms with van der Waals surface area (Å²) in [6, 6.07) is 0. The summed E-state index contributed by atoms with van der Waals surface area (Å²) in [6.45, 7) is 0. The maximum absolute atomic E-state index is 8.77. The van der Waals surface area contributed by atoms with Gasteiger partial charge in [-0.1, -0.05) is 0 Å². The Labute approximate surface area is 67.6 Å². The van der Waals surface area contributed by atoms with Crippen molar-refractivity contribution in [2.24, 2.45) is 0 Å². The van der Waals surface area contributed by atoms with Crippen LogP contribution in [0.4, 0.5) is 0 Å². The molecule has 0 heterocycles. The first-order valence-electron chi connectivity index (χ1n) is 0.765. The normalized spacial score (nSPS) is 7.38. The molecule has 5 nitrogen and oxygen atoms in total. The molecular weight excluding hydrogens is 151 g/mol. The van der Waals surface area contributed by atoms with Gasteiger partial charge >= 0.3 is 29.6 Å². The number of quaternary nitrogens is 1. The molecule has 0 saturated carbocycles. The Hall–Kier alpha value is 1.00. The van der Waals surface area contributed by atoms with E-state index in [0.29, 0.717) is 0 Å². The SMILES string of the molecule is O=P([O-])(O)O.[F-].[NH4+].[Na+]. The van der Waals surface area contributed by atoms with Crippen molar-refractivity contribution in [1.29, 1.82) is 0 Å². The molecule has 0 amide bonds. The van der Waals surface area contributed by atoms with Crippen LogP contribution >= 0.6 is 7.82 Å². The Kier molecular flexibility index (Phi) is 23.0. The van der Waals surface area contributed by atoms with Crippen molar-refractivity contribution in [2.45, 2.75) is 0 Å². The van der Waals surface area contributed by atoms with Gasteiger partial charge in [-0.3, -0.25) is 4.57 Å². The second-order valence-electron chi connectivity index (χ2n) is 0.491. The summed E-state index contributed by atoms with van der Waals surface area (Å²) in [4.78, 5) is 22.9. The molecule has 0 aliphatic carbocycles. The molecule has 0 spiro atoms. The molecule has 0 radical (unpaired) electrons. The molecule has 0 aromatic carbocycles. The number of hydrogen-bond acceptors (Lipinski definition) is 2. The Morgan fingerprint density at radius 3 is 1.38 bits per heavy atom. The van der Waals surface area contributed by atoms with Gasteiger partial charge in [0.2, 0.25) is 0 Å². The summed E-state index contributed by atoms with van der Waals surface area (Å²) in [7, 11) is -4.89. The van der Waals surface area contributed by atoms with Gasteiger partial charge in [-0.2, -0.15) is 0 Å². The zero-order valence-corrected chi connectivity index (χ0v) is 7.43. The van der Waals surface area contributed by atoms with E-state index in [4.69, 9.17) is 19.2 Å². The van der Waals surface area contributed by atoms with E-state index in [1.807, 2.05) is 0 Å². The Morgan fingerprint density at radius 1 is 1.38 bits per heavy atom. The van der Waals surface area contributed by atoms with Crippen molar-refractivity contribution < 1.29 is 53.5 Å². The number of phosphoric acid groups is 1. The van der Waals surface area contributed by atoms with E-state index in [1.54, 1.807) is 0 Å². The first kappa shape index (κ1) is 23.0. The summed E-state index contributed by atoms with van der Waals surface area (Å²) >= 11 is 0. The molecule has 0 rings (SSSR count). The van der Waals surface area contributed by atoms with Crippen LogP contribution in [0.2, 0.25) is 0 Å². The monoisotopic (exact) mass is 157 g/mol. The van der Waals surface area contributed by atoms with E-state index < -0.39 is 7.82 Å². The standard InChI is InChI=1S/FH.H3N.Na.H3O4P/c;;;1-5(2,3)4/h1H;1H3;;(H3,1,2,3,4)/q;;+1;/p-1. The molecule has 8 heteroatoms. The van der Waals surface area contributed by atoms with E-state index >= 15 is 0 Å². The first-order chi connectivity index (χ1) is 2.00. The second kappa shape index (κ2) is 8.00. The average Bonchev–Trinajstić information content (AvgIpc) is 0.722. The Morgan fingerprint density at radius 2 is 1.38 bits per heavy atom. The Balaban J connectivity index is -0.0000000267. The summed E-state index contributed by atoms with van der Waals surface area (Å²) in [5.41, 5.74) is 0. The zero-order valence-electron chi connectivity index (χ0n) is 4.54. The molecule has 48 valence electrons. The molecular formula is H6FNNaO4P. The third-order valence-corrected chi connectivity index (χ3v) is 0. The van der Waals surface area contributed by atoms with E-state index in [1.165, 1.54) is 0 Å². The third kappa shape index (κ3) is 252. The van der Waals surface area contributed by atoms with Crippen LogP contribution in [-0.2, 0) is 4.57 Å². The van der Waals surface area contributed by atoms with Crippen LogP contribution < -0.4 is 45.3 Å². The van der Waals surface area contributed by atoms with Gasteiger partial charge in [0.15, 0.2) is 0 Å². The second-order valence-corrected chi connectivity index (χ2v) is 1.47. The van der Waals surface area contributed by atoms with Gasteiger partial charge in [-0.25, -0.2) is 0 Å².